The predicted octanol–water partition coefficient (Wildman–Crippen LogP) is 1.31. The van der Waals surface area contributed by atoms with Crippen LogP contribution in [0.4, 0.5) is 0 Å². The van der Waals surface area contributed by atoms with Crippen LogP contribution in [0, 0.1) is 0 Å². The molecule has 1 heterocycles. The summed E-state index contributed by atoms with van der Waals surface area (Å²) >= 11 is 1.53. The Morgan fingerprint density at radius 2 is 2.24 bits per heavy atom. The molecule has 21 heavy (non-hydrogen) atoms. The van der Waals surface area contributed by atoms with E-state index in [9.17, 15) is 9.59 Å². The van der Waals surface area contributed by atoms with Crippen LogP contribution in [-0.2, 0) is 11.3 Å². The second-order valence-electron chi connectivity index (χ2n) is 5.16. The Bertz CT molecular complexity index is 514. The second-order valence-corrected chi connectivity index (χ2v) is 6.22. The van der Waals surface area contributed by atoms with Crippen LogP contribution in [0.25, 0.3) is 0 Å². The molecular formula is C13H24N4O3S. The van der Waals surface area contributed by atoms with Crippen molar-refractivity contribution >= 4 is 17.7 Å². The van der Waals surface area contributed by atoms with E-state index < -0.39 is 11.5 Å². The molecule has 3 N–H and O–H groups in total. The first-order valence-electron chi connectivity index (χ1n) is 7.15. The van der Waals surface area contributed by atoms with Crippen molar-refractivity contribution in [2.45, 2.75) is 56.8 Å². The van der Waals surface area contributed by atoms with Gasteiger partial charge in [-0.05, 0) is 33.2 Å². The highest BCUT2D eigenvalue weighted by Gasteiger charge is 2.30. The molecule has 0 spiro atoms. The molecule has 120 valence electrons. The molecule has 0 saturated heterocycles. The van der Waals surface area contributed by atoms with E-state index in [1.54, 1.807) is 18.5 Å². The minimum atomic E-state index is -0.874. The van der Waals surface area contributed by atoms with Gasteiger partial charge in [-0.25, -0.2) is 9.89 Å². The minimum absolute atomic E-state index is 0.173. The fraction of sp³-hybridized carbons (Fsp3) is 0.769. The monoisotopic (exact) mass is 316 g/mol. The van der Waals surface area contributed by atoms with Gasteiger partial charge >= 0.3 is 11.7 Å². The van der Waals surface area contributed by atoms with Gasteiger partial charge in [-0.15, -0.1) is 5.10 Å². The summed E-state index contributed by atoms with van der Waals surface area (Å²) in [7, 11) is 1.66. The Kier molecular flexibility index (Phi) is 6.97. The maximum absolute atomic E-state index is 11.5. The number of likely N-dealkylation sites (N-methyl/N-ethyl adjacent to an activating group) is 1. The first-order valence-corrected chi connectivity index (χ1v) is 8.13. The zero-order valence-electron chi connectivity index (χ0n) is 12.8. The number of carboxylic acids is 1. The zero-order valence-corrected chi connectivity index (χ0v) is 13.6. The van der Waals surface area contributed by atoms with Crippen molar-refractivity contribution < 1.29 is 9.90 Å². The van der Waals surface area contributed by atoms with Gasteiger partial charge in [0.15, 0.2) is 5.16 Å². The van der Waals surface area contributed by atoms with Crippen molar-refractivity contribution in [2.75, 3.05) is 12.8 Å². The van der Waals surface area contributed by atoms with Crippen LogP contribution in [0.3, 0.4) is 0 Å². The summed E-state index contributed by atoms with van der Waals surface area (Å²) in [5.41, 5.74) is -1.05. The maximum atomic E-state index is 11.5. The summed E-state index contributed by atoms with van der Waals surface area (Å²) in [4.78, 5) is 22.7. The number of aromatic nitrogens is 3. The van der Waals surface area contributed by atoms with E-state index in [2.05, 4.69) is 15.5 Å². The van der Waals surface area contributed by atoms with Gasteiger partial charge < -0.3 is 10.4 Å². The van der Waals surface area contributed by atoms with Crippen LogP contribution in [0.15, 0.2) is 9.95 Å². The van der Waals surface area contributed by atoms with Crippen molar-refractivity contribution in [3.63, 3.8) is 0 Å². The van der Waals surface area contributed by atoms with Crippen LogP contribution in [0.2, 0.25) is 0 Å². The number of rotatable bonds is 10. The molecule has 1 atom stereocenters. The molecule has 0 aliphatic heterocycles. The third-order valence-corrected chi connectivity index (χ3v) is 4.56. The van der Waals surface area contributed by atoms with Crippen molar-refractivity contribution in [1.82, 2.24) is 20.1 Å². The highest BCUT2D eigenvalue weighted by molar-refractivity contribution is 7.99. The Morgan fingerprint density at radius 1 is 1.52 bits per heavy atom. The minimum Gasteiger partial charge on any atom is -0.480 e. The summed E-state index contributed by atoms with van der Waals surface area (Å²) in [6.45, 7) is 4.36. The number of nitrogens with one attached hydrogen (secondary N) is 2. The molecule has 0 aliphatic carbocycles. The van der Waals surface area contributed by atoms with Crippen molar-refractivity contribution in [3.05, 3.63) is 10.5 Å². The van der Waals surface area contributed by atoms with Gasteiger partial charge in [0.25, 0.3) is 0 Å². The first-order chi connectivity index (χ1) is 9.94. The van der Waals surface area contributed by atoms with Crippen LogP contribution in [0.5, 0.6) is 0 Å². The van der Waals surface area contributed by atoms with Crippen LogP contribution in [-0.4, -0.2) is 44.2 Å². The van der Waals surface area contributed by atoms with Gasteiger partial charge in [0.2, 0.25) is 0 Å². The van der Waals surface area contributed by atoms with Crippen molar-refractivity contribution in [1.29, 1.82) is 0 Å². The Labute approximate surface area is 128 Å². The molecule has 8 heteroatoms. The fourth-order valence-corrected chi connectivity index (χ4v) is 2.89. The lowest BCUT2D eigenvalue weighted by atomic mass is 9.95. The molecular weight excluding hydrogens is 292 g/mol. The number of aliphatic carboxylic acids is 1. The van der Waals surface area contributed by atoms with Crippen LogP contribution >= 0.6 is 11.8 Å². The number of carbonyl (C=O) groups is 1. The quantitative estimate of drug-likeness (QED) is 0.444. The van der Waals surface area contributed by atoms with E-state index in [1.165, 1.54) is 11.8 Å². The summed E-state index contributed by atoms with van der Waals surface area (Å²) in [5, 5.41) is 19.2. The lowest BCUT2D eigenvalue weighted by Crippen LogP contribution is -2.47. The van der Waals surface area contributed by atoms with Crippen molar-refractivity contribution in [2.24, 2.45) is 0 Å². The normalized spacial score (nSPS) is 14.0. The summed E-state index contributed by atoms with van der Waals surface area (Å²) < 4.78 is 1.64. The zero-order chi connectivity index (χ0) is 15.9. The van der Waals surface area contributed by atoms with E-state index in [4.69, 9.17) is 5.11 Å². The van der Waals surface area contributed by atoms with E-state index in [0.29, 0.717) is 18.1 Å². The lowest BCUT2D eigenvalue weighted by Gasteiger charge is -2.23. The van der Waals surface area contributed by atoms with Gasteiger partial charge in [0.1, 0.15) is 5.54 Å². The molecule has 1 unspecified atom stereocenters. The number of carboxylic acid groups (broad SMARTS) is 1. The average Bonchev–Trinajstić information content (AvgIpc) is 2.80. The molecule has 0 bridgehead atoms. The average molecular weight is 316 g/mol. The van der Waals surface area contributed by atoms with E-state index in [0.717, 1.165) is 25.0 Å². The van der Waals surface area contributed by atoms with E-state index in [-0.39, 0.29) is 5.69 Å². The largest absolute Gasteiger partial charge is 0.480 e. The van der Waals surface area contributed by atoms with Gasteiger partial charge in [0.05, 0.1) is 0 Å². The number of nitrogens with zero attached hydrogens (tertiary/aromatic N) is 2. The molecule has 0 fully saturated rings. The predicted molar refractivity (Wildman–Crippen MR) is 82.8 cm³/mol. The Hall–Kier alpha value is -1.28. The topological polar surface area (TPSA) is 100 Å². The fourth-order valence-electron chi connectivity index (χ4n) is 1.92. The standard InChI is InChI=1S/C13H24N4O3S/c1-4-8-17-11(20)15-16-12(17)21-9-6-5-7-13(2,14-3)10(18)19/h14H,4-9H2,1-3H3,(H,15,20)(H,18,19). The number of H-pyrrole nitrogens is 1. The van der Waals surface area contributed by atoms with Gasteiger partial charge in [-0.3, -0.25) is 9.36 Å². The molecule has 1 aromatic rings. The molecule has 0 radical (unpaired) electrons. The number of hydrogen-bond donors (Lipinski definition) is 3. The molecule has 0 aromatic carbocycles. The number of thioether (sulfide) groups is 1. The van der Waals surface area contributed by atoms with Gasteiger partial charge in [0, 0.05) is 12.3 Å². The van der Waals surface area contributed by atoms with E-state index in [1.807, 2.05) is 6.92 Å². The van der Waals surface area contributed by atoms with Crippen LogP contribution < -0.4 is 11.0 Å². The van der Waals surface area contributed by atoms with Gasteiger partial charge in [-0.1, -0.05) is 25.1 Å². The van der Waals surface area contributed by atoms with Crippen LogP contribution in [0.1, 0.15) is 39.5 Å². The smallest absolute Gasteiger partial charge is 0.343 e. The lowest BCUT2D eigenvalue weighted by molar-refractivity contribution is -0.144. The van der Waals surface area contributed by atoms with Gasteiger partial charge in [-0.2, -0.15) is 0 Å². The molecule has 0 aliphatic rings. The molecule has 7 nitrogen and oxygen atoms in total. The summed E-state index contributed by atoms with van der Waals surface area (Å²) in [6, 6.07) is 0. The Balaban J connectivity index is 2.38. The van der Waals surface area contributed by atoms with E-state index >= 15 is 0 Å². The number of unbranched alkanes of at least 4 members (excludes halogenated alkanes) is 1. The first kappa shape index (κ1) is 17.8. The maximum Gasteiger partial charge on any atom is 0.343 e. The molecule has 0 saturated carbocycles. The third kappa shape index (κ3) is 4.89. The SMILES string of the molecule is CCCn1c(SCCCCC(C)(NC)C(=O)O)n[nH]c1=O. The molecule has 1 aromatic heterocycles. The van der Waals surface area contributed by atoms with Crippen molar-refractivity contribution in [3.8, 4) is 0 Å². The highest BCUT2D eigenvalue weighted by Crippen LogP contribution is 2.19. The second kappa shape index (κ2) is 8.23. The number of aromatic amines is 1. The number of hydrogen-bond acceptors (Lipinski definition) is 5. The highest BCUT2D eigenvalue weighted by atomic mass is 32.2. The molecule has 0 amide bonds. The Morgan fingerprint density at radius 3 is 2.81 bits per heavy atom. The molecule has 1 rings (SSSR count). The third-order valence-electron chi connectivity index (χ3n) is 3.50. The summed E-state index contributed by atoms with van der Waals surface area (Å²) in [6.07, 6.45) is 3.13. The summed E-state index contributed by atoms with van der Waals surface area (Å²) in [5.74, 6) is -0.0188.